The van der Waals surface area contributed by atoms with Gasteiger partial charge in [0.25, 0.3) is 0 Å². The standard InChI is InChI=1S/C17H13F3N4O2S/c1-9-14(12-6-7-21-16(24-12)22-8-13(25)26)27-15(23-9)10-2-4-11(5-3-10)17(18,19)20/h2-7H,8H2,1H3,(H,25,26)(H,21,22,24). The van der Waals surface area contributed by atoms with E-state index in [1.54, 1.807) is 13.0 Å². The number of carboxylic acids is 1. The molecule has 2 heterocycles. The highest BCUT2D eigenvalue weighted by molar-refractivity contribution is 7.18. The Morgan fingerprint density at radius 1 is 1.19 bits per heavy atom. The largest absolute Gasteiger partial charge is 0.480 e. The summed E-state index contributed by atoms with van der Waals surface area (Å²) < 4.78 is 38.1. The molecule has 3 aromatic rings. The minimum atomic E-state index is -4.39. The maximum absolute atomic E-state index is 12.7. The molecule has 2 N–H and O–H groups in total. The number of aromatic nitrogens is 3. The monoisotopic (exact) mass is 394 g/mol. The maximum Gasteiger partial charge on any atom is 0.416 e. The zero-order valence-corrected chi connectivity index (χ0v) is 14.7. The number of carboxylic acid groups (broad SMARTS) is 1. The van der Waals surface area contributed by atoms with Crippen LogP contribution in [0, 0.1) is 6.92 Å². The van der Waals surface area contributed by atoms with Gasteiger partial charge in [-0.25, -0.2) is 15.0 Å². The topological polar surface area (TPSA) is 88.0 Å². The smallest absolute Gasteiger partial charge is 0.416 e. The summed E-state index contributed by atoms with van der Waals surface area (Å²) in [6, 6.07) is 6.45. The molecule has 0 fully saturated rings. The Morgan fingerprint density at radius 2 is 1.89 bits per heavy atom. The van der Waals surface area contributed by atoms with Gasteiger partial charge in [0.05, 0.1) is 21.8 Å². The molecule has 0 aliphatic carbocycles. The molecular formula is C17H13F3N4O2S. The van der Waals surface area contributed by atoms with Crippen molar-refractivity contribution in [2.24, 2.45) is 0 Å². The van der Waals surface area contributed by atoms with Crippen LogP contribution in [-0.2, 0) is 11.0 Å². The first kappa shape index (κ1) is 18.8. The van der Waals surface area contributed by atoms with E-state index in [0.717, 1.165) is 17.0 Å². The zero-order valence-electron chi connectivity index (χ0n) is 13.9. The van der Waals surface area contributed by atoms with Gasteiger partial charge in [-0.05, 0) is 25.1 Å². The molecule has 0 aliphatic heterocycles. The Balaban J connectivity index is 1.89. The molecule has 0 radical (unpaired) electrons. The fraction of sp³-hybridized carbons (Fsp3) is 0.176. The van der Waals surface area contributed by atoms with Gasteiger partial charge < -0.3 is 10.4 Å². The van der Waals surface area contributed by atoms with Crippen LogP contribution in [0.2, 0.25) is 0 Å². The summed E-state index contributed by atoms with van der Waals surface area (Å²) in [5.41, 5.74) is 1.06. The van der Waals surface area contributed by atoms with Crippen molar-refractivity contribution in [3.05, 3.63) is 47.8 Å². The van der Waals surface area contributed by atoms with E-state index in [1.807, 2.05) is 0 Å². The summed E-state index contributed by atoms with van der Waals surface area (Å²) in [6.07, 6.45) is -2.90. The SMILES string of the molecule is Cc1nc(-c2ccc(C(F)(F)F)cc2)sc1-c1ccnc(NCC(=O)O)n1. The van der Waals surface area contributed by atoms with Gasteiger partial charge in [0, 0.05) is 11.8 Å². The molecule has 0 amide bonds. The molecule has 0 atom stereocenters. The van der Waals surface area contributed by atoms with Crippen LogP contribution in [0.1, 0.15) is 11.3 Å². The molecule has 0 spiro atoms. The molecule has 140 valence electrons. The minimum absolute atomic E-state index is 0.166. The molecule has 3 rings (SSSR count). The summed E-state index contributed by atoms with van der Waals surface area (Å²) >= 11 is 1.29. The van der Waals surface area contributed by atoms with Gasteiger partial charge in [0.2, 0.25) is 5.95 Å². The van der Waals surface area contributed by atoms with Crippen LogP contribution in [0.25, 0.3) is 21.1 Å². The zero-order chi connectivity index (χ0) is 19.6. The Hall–Kier alpha value is -3.01. The third-order valence-corrected chi connectivity index (χ3v) is 4.77. The van der Waals surface area contributed by atoms with Crippen LogP contribution in [0.3, 0.4) is 0 Å². The Morgan fingerprint density at radius 3 is 2.52 bits per heavy atom. The van der Waals surface area contributed by atoms with Crippen molar-refractivity contribution in [2.45, 2.75) is 13.1 Å². The molecule has 6 nitrogen and oxygen atoms in total. The van der Waals surface area contributed by atoms with Crippen molar-refractivity contribution < 1.29 is 23.1 Å². The molecule has 2 aromatic heterocycles. The van der Waals surface area contributed by atoms with Crippen molar-refractivity contribution >= 4 is 23.3 Å². The van der Waals surface area contributed by atoms with Crippen LogP contribution in [0.5, 0.6) is 0 Å². The van der Waals surface area contributed by atoms with Crippen LogP contribution >= 0.6 is 11.3 Å². The number of thiazole rings is 1. The van der Waals surface area contributed by atoms with E-state index in [-0.39, 0.29) is 12.5 Å². The number of carbonyl (C=O) groups is 1. The van der Waals surface area contributed by atoms with Gasteiger partial charge in [-0.15, -0.1) is 11.3 Å². The molecule has 0 aliphatic rings. The van der Waals surface area contributed by atoms with E-state index in [0.29, 0.717) is 22.0 Å². The third-order valence-electron chi connectivity index (χ3n) is 3.54. The first-order valence-corrected chi connectivity index (χ1v) is 8.50. The van der Waals surface area contributed by atoms with E-state index in [1.165, 1.54) is 29.7 Å². The number of hydrogen-bond acceptors (Lipinski definition) is 6. The number of hydrogen-bond donors (Lipinski definition) is 2. The lowest BCUT2D eigenvalue weighted by atomic mass is 10.1. The lowest BCUT2D eigenvalue weighted by Crippen LogP contribution is -2.14. The second-order valence-corrected chi connectivity index (χ2v) is 6.52. The second-order valence-electron chi connectivity index (χ2n) is 5.52. The van der Waals surface area contributed by atoms with Crippen LogP contribution in [-0.4, -0.2) is 32.6 Å². The first-order chi connectivity index (χ1) is 12.7. The van der Waals surface area contributed by atoms with Gasteiger partial charge in [-0.3, -0.25) is 4.79 Å². The van der Waals surface area contributed by atoms with E-state index < -0.39 is 17.7 Å². The molecule has 0 saturated carbocycles. The molecular weight excluding hydrogens is 381 g/mol. The Labute approximate surface area is 155 Å². The number of alkyl halides is 3. The number of nitrogens with one attached hydrogen (secondary N) is 1. The van der Waals surface area contributed by atoms with E-state index in [4.69, 9.17) is 5.11 Å². The number of rotatable bonds is 5. The average Bonchev–Trinajstić information content (AvgIpc) is 3.01. The molecule has 27 heavy (non-hydrogen) atoms. The van der Waals surface area contributed by atoms with Crippen molar-refractivity contribution in [1.82, 2.24) is 15.0 Å². The fourth-order valence-corrected chi connectivity index (χ4v) is 3.33. The summed E-state index contributed by atoms with van der Waals surface area (Å²) in [7, 11) is 0. The fourth-order valence-electron chi connectivity index (χ4n) is 2.28. The summed E-state index contributed by atoms with van der Waals surface area (Å²) in [5.74, 6) is -0.874. The van der Waals surface area contributed by atoms with Crippen LogP contribution in [0.15, 0.2) is 36.5 Å². The predicted octanol–water partition coefficient (Wildman–Crippen LogP) is 4.09. The van der Waals surface area contributed by atoms with Crippen molar-refractivity contribution in [3.8, 4) is 21.1 Å². The van der Waals surface area contributed by atoms with Crippen LogP contribution in [0.4, 0.5) is 19.1 Å². The minimum Gasteiger partial charge on any atom is -0.480 e. The van der Waals surface area contributed by atoms with Crippen LogP contribution < -0.4 is 5.32 Å². The van der Waals surface area contributed by atoms with Crippen molar-refractivity contribution in [2.75, 3.05) is 11.9 Å². The van der Waals surface area contributed by atoms with Gasteiger partial charge in [-0.2, -0.15) is 13.2 Å². The Kier molecular flexibility index (Phi) is 5.08. The van der Waals surface area contributed by atoms with Crippen molar-refractivity contribution in [3.63, 3.8) is 0 Å². The lowest BCUT2D eigenvalue weighted by Gasteiger charge is -2.06. The second kappa shape index (κ2) is 7.31. The van der Waals surface area contributed by atoms with Gasteiger partial charge in [-0.1, -0.05) is 12.1 Å². The highest BCUT2D eigenvalue weighted by Gasteiger charge is 2.30. The number of halogens is 3. The number of aryl methyl sites for hydroxylation is 1. The molecule has 0 unspecified atom stereocenters. The molecule has 1 aromatic carbocycles. The van der Waals surface area contributed by atoms with E-state index >= 15 is 0 Å². The quantitative estimate of drug-likeness (QED) is 0.678. The van der Waals surface area contributed by atoms with Crippen molar-refractivity contribution in [1.29, 1.82) is 0 Å². The Bertz CT molecular complexity index is 971. The number of aliphatic carboxylic acids is 1. The normalized spacial score (nSPS) is 11.4. The van der Waals surface area contributed by atoms with Gasteiger partial charge in [0.15, 0.2) is 0 Å². The number of nitrogens with zero attached hydrogens (tertiary/aromatic N) is 3. The molecule has 0 bridgehead atoms. The molecule has 0 saturated heterocycles. The highest BCUT2D eigenvalue weighted by atomic mass is 32.1. The van der Waals surface area contributed by atoms with E-state index in [2.05, 4.69) is 20.3 Å². The van der Waals surface area contributed by atoms with Gasteiger partial charge >= 0.3 is 12.1 Å². The summed E-state index contributed by atoms with van der Waals surface area (Å²) in [4.78, 5) is 24.0. The number of benzene rings is 1. The van der Waals surface area contributed by atoms with Gasteiger partial charge in [0.1, 0.15) is 11.6 Å². The maximum atomic E-state index is 12.7. The molecule has 10 heteroatoms. The first-order valence-electron chi connectivity index (χ1n) is 7.68. The highest BCUT2D eigenvalue weighted by Crippen LogP contribution is 2.36. The van der Waals surface area contributed by atoms with E-state index in [9.17, 15) is 18.0 Å². The summed E-state index contributed by atoms with van der Waals surface area (Å²) in [5, 5.41) is 11.9. The lowest BCUT2D eigenvalue weighted by molar-refractivity contribution is -0.137. The average molecular weight is 394 g/mol. The summed E-state index contributed by atoms with van der Waals surface area (Å²) in [6.45, 7) is 1.45. The third kappa shape index (κ3) is 4.40. The predicted molar refractivity (Wildman–Crippen MR) is 94.4 cm³/mol. The number of anilines is 1.